The van der Waals surface area contributed by atoms with Gasteiger partial charge in [-0.15, -0.1) is 0 Å². The van der Waals surface area contributed by atoms with Crippen molar-refractivity contribution in [3.05, 3.63) is 70.3 Å². The fourth-order valence-electron chi connectivity index (χ4n) is 2.34. The fraction of sp³-hybridized carbons (Fsp3) is 0.211. The lowest BCUT2D eigenvalue weighted by Crippen LogP contribution is -2.18. The van der Waals surface area contributed by atoms with Crippen LogP contribution in [0.5, 0.6) is 11.5 Å². The lowest BCUT2D eigenvalue weighted by Gasteiger charge is -2.08. The van der Waals surface area contributed by atoms with E-state index in [4.69, 9.17) is 14.2 Å². The molecule has 0 bridgehead atoms. The van der Waals surface area contributed by atoms with Gasteiger partial charge >= 0.3 is 5.97 Å². The van der Waals surface area contributed by atoms with Gasteiger partial charge in [0, 0.05) is 12.3 Å². The number of hydrogen-bond acceptors (Lipinski definition) is 6. The average molecular weight is 354 g/mol. The number of nitrogens with zero attached hydrogens (tertiary/aromatic N) is 2. The third-order valence-corrected chi connectivity index (χ3v) is 3.66. The first-order valence-corrected chi connectivity index (χ1v) is 7.96. The molecular weight excluding hydrogens is 336 g/mol. The van der Waals surface area contributed by atoms with E-state index in [9.17, 15) is 9.59 Å². The van der Waals surface area contributed by atoms with Crippen molar-refractivity contribution in [3.8, 4) is 11.5 Å². The Morgan fingerprint density at radius 3 is 2.58 bits per heavy atom. The number of fused-ring (bicyclic) bond motifs is 1. The summed E-state index contributed by atoms with van der Waals surface area (Å²) in [5, 5.41) is 0. The summed E-state index contributed by atoms with van der Waals surface area (Å²) in [4.78, 5) is 28.2. The Labute approximate surface area is 149 Å². The molecule has 7 nitrogen and oxygen atoms in total. The number of aryl methyl sites for hydroxylation is 1. The Bertz CT molecular complexity index is 979. The first-order chi connectivity index (χ1) is 12.5. The van der Waals surface area contributed by atoms with Crippen LogP contribution < -0.4 is 15.0 Å². The van der Waals surface area contributed by atoms with Crippen molar-refractivity contribution in [2.24, 2.45) is 0 Å². The van der Waals surface area contributed by atoms with Crippen LogP contribution in [0.25, 0.3) is 5.65 Å². The topological polar surface area (TPSA) is 79.1 Å². The van der Waals surface area contributed by atoms with Crippen LogP contribution in [-0.2, 0) is 16.1 Å². The van der Waals surface area contributed by atoms with E-state index in [1.165, 1.54) is 10.5 Å². The molecule has 0 atom stereocenters. The van der Waals surface area contributed by atoms with Gasteiger partial charge in [-0.2, -0.15) is 0 Å². The minimum atomic E-state index is -0.549. The lowest BCUT2D eigenvalue weighted by molar-refractivity contribution is -0.147. The molecule has 26 heavy (non-hydrogen) atoms. The molecule has 0 aliphatic carbocycles. The van der Waals surface area contributed by atoms with E-state index in [0.717, 1.165) is 5.56 Å². The molecule has 3 rings (SSSR count). The average Bonchev–Trinajstić information content (AvgIpc) is 2.65. The van der Waals surface area contributed by atoms with Crippen molar-refractivity contribution in [2.75, 3.05) is 13.7 Å². The van der Waals surface area contributed by atoms with Crippen LogP contribution >= 0.6 is 0 Å². The smallest absolute Gasteiger partial charge is 0.344 e. The highest BCUT2D eigenvalue weighted by molar-refractivity contribution is 5.71. The van der Waals surface area contributed by atoms with Gasteiger partial charge in [-0.25, -0.2) is 9.78 Å². The minimum Gasteiger partial charge on any atom is -0.497 e. The summed E-state index contributed by atoms with van der Waals surface area (Å²) in [6.07, 6.45) is 1.71. The van der Waals surface area contributed by atoms with Gasteiger partial charge in [0.05, 0.1) is 12.8 Å². The molecule has 0 spiro atoms. The van der Waals surface area contributed by atoms with E-state index in [2.05, 4.69) is 4.98 Å². The molecule has 1 aromatic carbocycles. The molecule has 0 fully saturated rings. The first kappa shape index (κ1) is 17.5. The SMILES string of the molecule is COc1ccc(OCC(=O)OCc2cc(=O)n3cc(C)ccc3n2)cc1. The van der Waals surface area contributed by atoms with E-state index in [-0.39, 0.29) is 18.8 Å². The van der Waals surface area contributed by atoms with Crippen molar-refractivity contribution in [2.45, 2.75) is 13.5 Å². The molecule has 2 heterocycles. The Balaban J connectivity index is 1.58. The van der Waals surface area contributed by atoms with Crippen molar-refractivity contribution in [1.29, 1.82) is 0 Å². The third kappa shape index (κ3) is 4.18. The summed E-state index contributed by atoms with van der Waals surface area (Å²) in [5.74, 6) is 0.677. The maximum Gasteiger partial charge on any atom is 0.344 e. The summed E-state index contributed by atoms with van der Waals surface area (Å²) >= 11 is 0. The summed E-state index contributed by atoms with van der Waals surface area (Å²) in [5.41, 5.74) is 1.62. The number of hydrogen-bond donors (Lipinski definition) is 0. The molecule has 134 valence electrons. The van der Waals surface area contributed by atoms with E-state index < -0.39 is 5.97 Å². The van der Waals surface area contributed by atoms with E-state index >= 15 is 0 Å². The standard InChI is InChI=1S/C19H18N2O5/c1-13-3-8-17-20-14(9-18(22)21(17)10-13)11-26-19(23)12-25-16-6-4-15(24-2)5-7-16/h3-10H,11-12H2,1-2H3. The van der Waals surface area contributed by atoms with E-state index in [0.29, 0.717) is 22.8 Å². The molecular formula is C19H18N2O5. The number of rotatable bonds is 6. The quantitative estimate of drug-likeness (QED) is 0.631. The van der Waals surface area contributed by atoms with Crippen molar-refractivity contribution >= 4 is 11.6 Å². The Kier molecular flexibility index (Phi) is 5.17. The predicted octanol–water partition coefficient (Wildman–Crippen LogP) is 2.13. The zero-order valence-electron chi connectivity index (χ0n) is 14.5. The second kappa shape index (κ2) is 7.69. The first-order valence-electron chi connectivity index (χ1n) is 7.96. The predicted molar refractivity (Wildman–Crippen MR) is 94.5 cm³/mol. The van der Waals surface area contributed by atoms with Gasteiger partial charge in [-0.05, 0) is 42.8 Å². The van der Waals surface area contributed by atoms with E-state index in [1.807, 2.05) is 13.0 Å². The zero-order valence-corrected chi connectivity index (χ0v) is 14.5. The van der Waals surface area contributed by atoms with E-state index in [1.54, 1.807) is 43.6 Å². The summed E-state index contributed by atoms with van der Waals surface area (Å²) < 4.78 is 17.0. The number of aromatic nitrogens is 2. The van der Waals surface area contributed by atoms with Crippen molar-refractivity contribution < 1.29 is 19.0 Å². The number of carbonyl (C=O) groups excluding carboxylic acids is 1. The van der Waals surface area contributed by atoms with Gasteiger partial charge in [0.25, 0.3) is 5.56 Å². The normalized spacial score (nSPS) is 10.5. The molecule has 0 N–H and O–H groups in total. The highest BCUT2D eigenvalue weighted by Gasteiger charge is 2.08. The highest BCUT2D eigenvalue weighted by Crippen LogP contribution is 2.16. The second-order valence-electron chi connectivity index (χ2n) is 5.65. The minimum absolute atomic E-state index is 0.0928. The van der Waals surface area contributed by atoms with Gasteiger partial charge in [0.1, 0.15) is 23.8 Å². The van der Waals surface area contributed by atoms with Crippen LogP contribution in [0, 0.1) is 6.92 Å². The van der Waals surface area contributed by atoms with Crippen LogP contribution in [0.4, 0.5) is 0 Å². The fourth-order valence-corrected chi connectivity index (χ4v) is 2.34. The van der Waals surface area contributed by atoms with Crippen LogP contribution in [0.2, 0.25) is 0 Å². The van der Waals surface area contributed by atoms with Gasteiger partial charge in [-0.1, -0.05) is 6.07 Å². The molecule has 0 saturated carbocycles. The Hall–Kier alpha value is -3.35. The number of methoxy groups -OCH3 is 1. The zero-order chi connectivity index (χ0) is 18.5. The molecule has 2 aromatic heterocycles. The molecule has 0 aliphatic rings. The monoisotopic (exact) mass is 354 g/mol. The van der Waals surface area contributed by atoms with Gasteiger partial charge in [0.15, 0.2) is 6.61 Å². The van der Waals surface area contributed by atoms with Crippen LogP contribution in [0.15, 0.2) is 53.5 Å². The number of benzene rings is 1. The maximum atomic E-state index is 12.1. The van der Waals surface area contributed by atoms with Gasteiger partial charge < -0.3 is 14.2 Å². The molecule has 0 radical (unpaired) electrons. The lowest BCUT2D eigenvalue weighted by atomic mass is 10.3. The molecule has 0 saturated heterocycles. The van der Waals surface area contributed by atoms with Crippen molar-refractivity contribution in [1.82, 2.24) is 9.38 Å². The number of carbonyl (C=O) groups is 1. The van der Waals surface area contributed by atoms with Crippen molar-refractivity contribution in [3.63, 3.8) is 0 Å². The molecule has 0 amide bonds. The molecule has 3 aromatic rings. The second-order valence-corrected chi connectivity index (χ2v) is 5.65. The van der Waals surface area contributed by atoms with Crippen LogP contribution in [0.3, 0.4) is 0 Å². The van der Waals surface area contributed by atoms with Gasteiger partial charge in [-0.3, -0.25) is 9.20 Å². The maximum absolute atomic E-state index is 12.1. The van der Waals surface area contributed by atoms with Crippen LogP contribution in [0.1, 0.15) is 11.3 Å². The largest absolute Gasteiger partial charge is 0.497 e. The molecule has 0 unspecified atom stereocenters. The molecule has 7 heteroatoms. The summed E-state index contributed by atoms with van der Waals surface area (Å²) in [7, 11) is 1.57. The Morgan fingerprint density at radius 1 is 1.12 bits per heavy atom. The third-order valence-electron chi connectivity index (χ3n) is 3.66. The number of pyridine rings is 1. The number of esters is 1. The summed E-state index contributed by atoms with van der Waals surface area (Å²) in [6, 6.07) is 11.8. The molecule has 0 aliphatic heterocycles. The highest BCUT2D eigenvalue weighted by atomic mass is 16.6. The summed E-state index contributed by atoms with van der Waals surface area (Å²) in [6.45, 7) is 1.56. The van der Waals surface area contributed by atoms with Crippen LogP contribution in [-0.4, -0.2) is 29.1 Å². The van der Waals surface area contributed by atoms with Gasteiger partial charge in [0.2, 0.25) is 0 Å². The Morgan fingerprint density at radius 2 is 1.85 bits per heavy atom. The number of ether oxygens (including phenoxy) is 3.